The second kappa shape index (κ2) is 3.96. The molecule has 0 saturated heterocycles. The van der Waals surface area contributed by atoms with Crippen molar-refractivity contribution in [3.63, 3.8) is 0 Å². The van der Waals surface area contributed by atoms with E-state index in [9.17, 15) is 10.2 Å². The summed E-state index contributed by atoms with van der Waals surface area (Å²) in [6.45, 7) is 0.532. The maximum absolute atomic E-state index is 9.64. The summed E-state index contributed by atoms with van der Waals surface area (Å²) in [5.74, 6) is -0.183. The van der Waals surface area contributed by atoms with Crippen molar-refractivity contribution in [1.29, 1.82) is 0 Å². The molecular weight excluding hydrogens is 254 g/mol. The molecule has 92 valence electrons. The van der Waals surface area contributed by atoms with Crippen LogP contribution in [0.2, 0.25) is 5.02 Å². The summed E-state index contributed by atoms with van der Waals surface area (Å²) in [6, 6.07) is 7.01. The maximum atomic E-state index is 9.64. The van der Waals surface area contributed by atoms with Gasteiger partial charge in [-0.2, -0.15) is 0 Å². The zero-order valence-corrected chi connectivity index (χ0v) is 10.0. The molecule has 3 N–H and O–H groups in total. The Morgan fingerprint density at radius 3 is 2.89 bits per heavy atom. The van der Waals surface area contributed by atoms with Crippen molar-refractivity contribution in [2.75, 3.05) is 4.90 Å². The summed E-state index contributed by atoms with van der Waals surface area (Å²) >= 11 is 6.04. The SMILES string of the molecule is Oc1cc(N2C=Nc3c(Cl)cccc3C2)c(O)[nH]1. The first kappa shape index (κ1) is 11.0. The highest BCUT2D eigenvalue weighted by Gasteiger charge is 2.19. The average molecular weight is 264 g/mol. The van der Waals surface area contributed by atoms with Crippen LogP contribution >= 0.6 is 11.6 Å². The van der Waals surface area contributed by atoms with E-state index in [1.807, 2.05) is 12.1 Å². The van der Waals surface area contributed by atoms with Crippen LogP contribution in [0.1, 0.15) is 5.56 Å². The molecule has 0 aliphatic carbocycles. The lowest BCUT2D eigenvalue weighted by Crippen LogP contribution is -2.22. The van der Waals surface area contributed by atoms with Crippen molar-refractivity contribution in [3.8, 4) is 11.8 Å². The quantitative estimate of drug-likeness (QED) is 0.741. The zero-order chi connectivity index (χ0) is 12.7. The third-order valence-corrected chi connectivity index (χ3v) is 3.11. The van der Waals surface area contributed by atoms with E-state index in [1.165, 1.54) is 6.07 Å². The number of benzene rings is 1. The number of hydrogen-bond donors (Lipinski definition) is 3. The number of aromatic nitrogens is 1. The smallest absolute Gasteiger partial charge is 0.215 e. The standard InChI is InChI=1S/C12H10ClN3O2/c13-8-3-1-2-7-5-16(6-14-11(7)8)9-4-10(17)15-12(9)18/h1-4,6,15,17-18H,5H2. The molecule has 0 fully saturated rings. The highest BCUT2D eigenvalue weighted by atomic mass is 35.5. The highest BCUT2D eigenvalue weighted by molar-refractivity contribution is 6.33. The summed E-state index contributed by atoms with van der Waals surface area (Å²) in [4.78, 5) is 8.41. The molecule has 1 aliphatic heterocycles. The van der Waals surface area contributed by atoms with Gasteiger partial charge in [0, 0.05) is 6.07 Å². The second-order valence-corrected chi connectivity index (χ2v) is 4.42. The van der Waals surface area contributed by atoms with Gasteiger partial charge in [-0.25, -0.2) is 4.99 Å². The zero-order valence-electron chi connectivity index (χ0n) is 9.26. The van der Waals surface area contributed by atoms with Gasteiger partial charge in [-0.15, -0.1) is 0 Å². The van der Waals surface area contributed by atoms with Crippen molar-refractivity contribution in [2.24, 2.45) is 4.99 Å². The minimum absolute atomic E-state index is 0.0900. The Bertz CT molecular complexity index is 636. The van der Waals surface area contributed by atoms with E-state index in [0.29, 0.717) is 17.3 Å². The van der Waals surface area contributed by atoms with Crippen LogP contribution in [-0.2, 0) is 6.54 Å². The van der Waals surface area contributed by atoms with Crippen LogP contribution < -0.4 is 4.90 Å². The molecule has 0 unspecified atom stereocenters. The third kappa shape index (κ3) is 1.69. The summed E-state index contributed by atoms with van der Waals surface area (Å²) in [6.07, 6.45) is 1.58. The summed E-state index contributed by atoms with van der Waals surface area (Å²) in [5.41, 5.74) is 2.18. The Balaban J connectivity index is 1.99. The van der Waals surface area contributed by atoms with Gasteiger partial charge in [0.1, 0.15) is 5.69 Å². The van der Waals surface area contributed by atoms with Crippen molar-refractivity contribution < 1.29 is 10.2 Å². The van der Waals surface area contributed by atoms with E-state index in [-0.39, 0.29) is 11.8 Å². The molecule has 0 spiro atoms. The molecule has 0 amide bonds. The van der Waals surface area contributed by atoms with Gasteiger partial charge in [0.25, 0.3) is 0 Å². The van der Waals surface area contributed by atoms with Crippen molar-refractivity contribution in [3.05, 3.63) is 34.9 Å². The van der Waals surface area contributed by atoms with E-state index in [4.69, 9.17) is 11.6 Å². The van der Waals surface area contributed by atoms with E-state index >= 15 is 0 Å². The minimum atomic E-state index is -0.0931. The number of H-pyrrole nitrogens is 1. The fraction of sp³-hybridized carbons (Fsp3) is 0.0833. The van der Waals surface area contributed by atoms with Crippen LogP contribution in [0.5, 0.6) is 11.8 Å². The molecule has 18 heavy (non-hydrogen) atoms. The summed E-state index contributed by atoms with van der Waals surface area (Å²) in [7, 11) is 0. The molecule has 1 aliphatic rings. The minimum Gasteiger partial charge on any atom is -0.494 e. The molecule has 0 saturated carbocycles. The van der Waals surface area contributed by atoms with Crippen LogP contribution in [0.3, 0.4) is 0 Å². The van der Waals surface area contributed by atoms with E-state index in [2.05, 4.69) is 9.98 Å². The van der Waals surface area contributed by atoms with Crippen LogP contribution in [0.25, 0.3) is 0 Å². The van der Waals surface area contributed by atoms with Gasteiger partial charge in [-0.1, -0.05) is 23.7 Å². The first-order chi connectivity index (χ1) is 8.65. The first-order valence-corrected chi connectivity index (χ1v) is 5.72. The average Bonchev–Trinajstić information content (AvgIpc) is 2.68. The molecule has 2 heterocycles. The molecule has 0 atom stereocenters. The lowest BCUT2D eigenvalue weighted by molar-refractivity contribution is 0.425. The number of aliphatic imine (C=N–C) groups is 1. The first-order valence-electron chi connectivity index (χ1n) is 5.34. The number of hydrogen-bond acceptors (Lipinski definition) is 4. The third-order valence-electron chi connectivity index (χ3n) is 2.81. The number of aromatic hydroxyl groups is 2. The maximum Gasteiger partial charge on any atom is 0.215 e. The lowest BCUT2D eigenvalue weighted by atomic mass is 10.1. The topological polar surface area (TPSA) is 71.8 Å². The number of nitrogens with zero attached hydrogens (tertiary/aromatic N) is 2. The number of rotatable bonds is 1. The normalized spacial score (nSPS) is 13.7. The number of aromatic amines is 1. The van der Waals surface area contributed by atoms with Gasteiger partial charge in [-0.05, 0) is 11.6 Å². The van der Waals surface area contributed by atoms with Crippen molar-refractivity contribution in [2.45, 2.75) is 6.54 Å². The molecular formula is C12H10ClN3O2. The number of para-hydroxylation sites is 1. The van der Waals surface area contributed by atoms with Crippen molar-refractivity contribution >= 4 is 29.3 Å². The Morgan fingerprint density at radius 1 is 1.33 bits per heavy atom. The second-order valence-electron chi connectivity index (χ2n) is 4.01. The van der Waals surface area contributed by atoms with Crippen LogP contribution in [0.15, 0.2) is 29.3 Å². The Kier molecular flexibility index (Phi) is 2.41. The molecule has 0 bridgehead atoms. The predicted molar refractivity (Wildman–Crippen MR) is 69.9 cm³/mol. The van der Waals surface area contributed by atoms with Crippen molar-refractivity contribution in [1.82, 2.24) is 4.98 Å². The molecule has 5 nitrogen and oxygen atoms in total. The van der Waals surface area contributed by atoms with Gasteiger partial charge in [0.2, 0.25) is 5.88 Å². The van der Waals surface area contributed by atoms with E-state index in [1.54, 1.807) is 17.3 Å². The summed E-state index contributed by atoms with van der Waals surface area (Å²) < 4.78 is 0. The van der Waals surface area contributed by atoms with Crippen LogP contribution in [0.4, 0.5) is 11.4 Å². The number of nitrogens with one attached hydrogen (secondary N) is 1. The van der Waals surface area contributed by atoms with Gasteiger partial charge < -0.3 is 15.1 Å². The molecule has 0 radical (unpaired) electrons. The van der Waals surface area contributed by atoms with Crippen LogP contribution in [-0.4, -0.2) is 21.5 Å². The van der Waals surface area contributed by atoms with E-state index in [0.717, 1.165) is 11.3 Å². The lowest BCUT2D eigenvalue weighted by Gasteiger charge is -2.23. The van der Waals surface area contributed by atoms with E-state index < -0.39 is 0 Å². The van der Waals surface area contributed by atoms with Gasteiger partial charge in [-0.3, -0.25) is 4.98 Å². The molecule has 1 aromatic carbocycles. The molecule has 6 heteroatoms. The number of fused-ring (bicyclic) bond motifs is 1. The Morgan fingerprint density at radius 2 is 2.17 bits per heavy atom. The fourth-order valence-electron chi connectivity index (χ4n) is 1.97. The number of halogens is 1. The molecule has 2 aromatic rings. The monoisotopic (exact) mass is 263 g/mol. The molecule has 3 rings (SSSR count). The van der Waals surface area contributed by atoms with Gasteiger partial charge in [0.15, 0.2) is 5.88 Å². The van der Waals surface area contributed by atoms with Gasteiger partial charge >= 0.3 is 0 Å². The number of anilines is 1. The van der Waals surface area contributed by atoms with Crippen LogP contribution in [0, 0.1) is 0 Å². The Labute approximate surface area is 108 Å². The highest BCUT2D eigenvalue weighted by Crippen LogP contribution is 2.36. The Hall–Kier alpha value is -2.14. The molecule has 1 aromatic heterocycles. The fourth-order valence-corrected chi connectivity index (χ4v) is 2.21. The van der Waals surface area contributed by atoms with Gasteiger partial charge in [0.05, 0.1) is 23.6 Å². The summed E-state index contributed by atoms with van der Waals surface area (Å²) in [5, 5.41) is 19.5. The largest absolute Gasteiger partial charge is 0.494 e. The predicted octanol–water partition coefficient (Wildman–Crippen LogP) is 2.76.